The van der Waals surface area contributed by atoms with Gasteiger partial charge in [-0.05, 0) is 56.9 Å². The van der Waals surface area contributed by atoms with E-state index < -0.39 is 24.2 Å². The van der Waals surface area contributed by atoms with E-state index in [1.165, 1.54) is 36.9 Å². The Hall–Kier alpha value is -3.11. The maximum absolute atomic E-state index is 14.9. The van der Waals surface area contributed by atoms with E-state index >= 15 is 0 Å². The van der Waals surface area contributed by atoms with Crippen LogP contribution in [0, 0.1) is 18.6 Å². The van der Waals surface area contributed by atoms with E-state index in [4.69, 9.17) is 5.84 Å². The number of carbonyl (C=O) groups excluding carboxylic acids is 2. The molecule has 1 aliphatic rings. The lowest BCUT2D eigenvalue weighted by Gasteiger charge is -2.35. The van der Waals surface area contributed by atoms with Gasteiger partial charge >= 0.3 is 0 Å². The van der Waals surface area contributed by atoms with Crippen LogP contribution in [-0.2, 0) is 16.0 Å². The molecular weight excluding hydrogens is 465 g/mol. The van der Waals surface area contributed by atoms with E-state index in [1.807, 2.05) is 0 Å². The number of nitrogens with two attached hydrogens (primary N) is 1. The summed E-state index contributed by atoms with van der Waals surface area (Å²) in [5, 5.41) is 0.892. The van der Waals surface area contributed by atoms with Crippen molar-refractivity contribution in [1.29, 1.82) is 0 Å². The largest absolute Gasteiger partial charge is 0.300 e. The van der Waals surface area contributed by atoms with Gasteiger partial charge in [0.15, 0.2) is 0 Å². The second kappa shape index (κ2) is 10.9. The first-order valence-electron chi connectivity index (χ1n) is 10.6. The van der Waals surface area contributed by atoms with E-state index in [9.17, 15) is 22.8 Å². The van der Waals surface area contributed by atoms with Crippen LogP contribution in [0.25, 0.3) is 0 Å². The molecule has 3 rings (SSSR count). The maximum Gasteiger partial charge on any atom is 0.258 e. The molecule has 1 aromatic heterocycles. The molecule has 34 heavy (non-hydrogen) atoms. The van der Waals surface area contributed by atoms with Crippen molar-refractivity contribution in [3.63, 3.8) is 0 Å². The molecule has 0 saturated heterocycles. The number of carbonyl (C=O) groups is 2. The van der Waals surface area contributed by atoms with Crippen molar-refractivity contribution in [2.24, 2.45) is 5.84 Å². The highest BCUT2D eigenvalue weighted by Crippen LogP contribution is 2.38. The molecule has 2 aromatic rings. The molecule has 0 atom stereocenters. The third kappa shape index (κ3) is 5.68. The van der Waals surface area contributed by atoms with E-state index in [1.54, 1.807) is 6.92 Å². The van der Waals surface area contributed by atoms with E-state index in [0.29, 0.717) is 46.7 Å². The predicted molar refractivity (Wildman–Crippen MR) is 124 cm³/mol. The highest BCUT2D eigenvalue weighted by molar-refractivity contribution is 7.99. The Kier molecular flexibility index (Phi) is 8.16. The van der Waals surface area contributed by atoms with E-state index in [-0.39, 0.29) is 23.0 Å². The van der Waals surface area contributed by atoms with Gasteiger partial charge in [-0.1, -0.05) is 18.3 Å². The topological polar surface area (TPSA) is 79.5 Å². The SMILES string of the molecule is C=C1N(N)C(CF)=CC(=O)N1c1cc(Sc2cc(F)cnc2CCCCC(C)=O)c(C)cc1F. The molecule has 2 heterocycles. The molecule has 1 aromatic carbocycles. The fraction of sp³-hybridized carbons (Fsp3) is 0.292. The summed E-state index contributed by atoms with van der Waals surface area (Å²) in [6.45, 7) is 5.95. The summed E-state index contributed by atoms with van der Waals surface area (Å²) < 4.78 is 42.0. The van der Waals surface area contributed by atoms with Gasteiger partial charge in [-0.3, -0.25) is 19.7 Å². The Morgan fingerprint density at radius 2 is 1.94 bits per heavy atom. The van der Waals surface area contributed by atoms with Crippen molar-refractivity contribution in [1.82, 2.24) is 9.99 Å². The molecule has 1 amide bonds. The third-order valence-electron chi connectivity index (χ3n) is 5.29. The van der Waals surface area contributed by atoms with Crippen LogP contribution in [0.15, 0.2) is 58.4 Å². The number of aryl methyl sites for hydroxylation is 2. The van der Waals surface area contributed by atoms with Crippen molar-refractivity contribution in [3.8, 4) is 0 Å². The monoisotopic (exact) mass is 490 g/mol. The minimum atomic E-state index is -0.978. The van der Waals surface area contributed by atoms with Crippen molar-refractivity contribution < 1.29 is 22.8 Å². The Bertz CT molecular complexity index is 1170. The number of alkyl halides is 1. The Morgan fingerprint density at radius 3 is 2.62 bits per heavy atom. The van der Waals surface area contributed by atoms with Gasteiger partial charge in [0, 0.05) is 22.3 Å². The minimum Gasteiger partial charge on any atom is -0.300 e. The molecule has 0 bridgehead atoms. The van der Waals surface area contributed by atoms with Crippen molar-refractivity contribution >= 4 is 29.1 Å². The quantitative estimate of drug-likeness (QED) is 0.395. The van der Waals surface area contributed by atoms with Crippen molar-refractivity contribution in [2.75, 3.05) is 11.6 Å². The van der Waals surface area contributed by atoms with Crippen LogP contribution >= 0.6 is 11.8 Å². The standard InChI is InChI=1S/C24H25F3N4O2S/c1-14-8-19(27)21(30-16(3)31(28)18(12-25)10-24(30)33)11-22(14)34-23-9-17(26)13-29-20(23)7-5-4-6-15(2)32/h8-11,13H,3-7,12,28H2,1-2H3. The Morgan fingerprint density at radius 1 is 1.21 bits per heavy atom. The number of pyridine rings is 1. The number of rotatable bonds is 9. The molecule has 0 radical (unpaired) electrons. The number of benzene rings is 1. The molecule has 0 saturated carbocycles. The van der Waals surface area contributed by atoms with Crippen LogP contribution in [-0.4, -0.2) is 28.4 Å². The number of Topliss-reactive ketones (excluding diaryl/α,β-unsaturated/α-hetero) is 1. The number of hydrogen-bond acceptors (Lipinski definition) is 6. The summed E-state index contributed by atoms with van der Waals surface area (Å²) >= 11 is 1.19. The molecule has 0 fully saturated rings. The smallest absolute Gasteiger partial charge is 0.258 e. The summed E-state index contributed by atoms with van der Waals surface area (Å²) in [6.07, 6.45) is 4.53. The summed E-state index contributed by atoms with van der Waals surface area (Å²) in [6, 6.07) is 4.06. The van der Waals surface area contributed by atoms with Gasteiger partial charge in [0.2, 0.25) is 0 Å². The molecular formula is C24H25F3N4O2S. The number of nitrogens with zero attached hydrogens (tertiary/aromatic N) is 3. The van der Waals surface area contributed by atoms with Gasteiger partial charge in [-0.15, -0.1) is 0 Å². The van der Waals surface area contributed by atoms with Crippen LogP contribution in [0.4, 0.5) is 18.9 Å². The van der Waals surface area contributed by atoms with Gasteiger partial charge < -0.3 is 4.79 Å². The minimum absolute atomic E-state index is 0.0892. The molecule has 2 N–H and O–H groups in total. The zero-order valence-electron chi connectivity index (χ0n) is 18.9. The summed E-state index contributed by atoms with van der Waals surface area (Å²) in [7, 11) is 0. The second-order valence-corrected chi connectivity index (χ2v) is 8.99. The highest BCUT2D eigenvalue weighted by atomic mass is 32.2. The van der Waals surface area contributed by atoms with Crippen molar-refractivity contribution in [3.05, 3.63) is 71.5 Å². The number of unbranched alkanes of at least 4 members (excludes halogenated alkanes) is 1. The van der Waals surface area contributed by atoms with Crippen LogP contribution < -0.4 is 10.7 Å². The number of allylic oxidation sites excluding steroid dienone is 1. The number of aromatic nitrogens is 1. The predicted octanol–water partition coefficient (Wildman–Crippen LogP) is 4.97. The van der Waals surface area contributed by atoms with E-state index in [0.717, 1.165) is 22.2 Å². The number of amides is 1. The Balaban J connectivity index is 1.93. The number of anilines is 1. The number of ketones is 1. The lowest BCUT2D eigenvalue weighted by atomic mass is 10.1. The number of halogens is 3. The zero-order chi connectivity index (χ0) is 25.0. The lowest BCUT2D eigenvalue weighted by molar-refractivity contribution is -0.117. The number of hydrogen-bond donors (Lipinski definition) is 1. The van der Waals surface area contributed by atoms with Gasteiger partial charge in [0.25, 0.3) is 5.91 Å². The lowest BCUT2D eigenvalue weighted by Crippen LogP contribution is -2.46. The first-order valence-corrected chi connectivity index (χ1v) is 11.4. The van der Waals surface area contributed by atoms with E-state index in [2.05, 4.69) is 11.6 Å². The van der Waals surface area contributed by atoms with Gasteiger partial charge in [0.1, 0.15) is 29.9 Å². The summed E-state index contributed by atoms with van der Waals surface area (Å²) in [5.74, 6) is 3.93. The molecule has 6 nitrogen and oxygen atoms in total. The summed E-state index contributed by atoms with van der Waals surface area (Å²) in [4.78, 5) is 30.1. The van der Waals surface area contributed by atoms with Crippen molar-refractivity contribution in [2.45, 2.75) is 49.3 Å². The molecule has 0 spiro atoms. The Labute approximate surface area is 200 Å². The molecule has 0 unspecified atom stereocenters. The van der Waals surface area contributed by atoms with Gasteiger partial charge in [-0.25, -0.2) is 19.0 Å². The normalized spacial score (nSPS) is 14.0. The molecule has 10 heteroatoms. The van der Waals surface area contributed by atoms with Gasteiger partial charge in [0.05, 0.1) is 23.3 Å². The molecule has 1 aliphatic heterocycles. The fourth-order valence-electron chi connectivity index (χ4n) is 3.47. The van der Waals surface area contributed by atoms with Gasteiger partial charge in [-0.2, -0.15) is 0 Å². The average molecular weight is 491 g/mol. The second-order valence-electron chi connectivity index (χ2n) is 7.91. The third-order valence-corrected chi connectivity index (χ3v) is 6.52. The average Bonchev–Trinajstić information content (AvgIpc) is 2.77. The number of hydrazine groups is 1. The zero-order valence-corrected chi connectivity index (χ0v) is 19.7. The maximum atomic E-state index is 14.9. The first kappa shape index (κ1) is 25.5. The molecule has 0 aliphatic carbocycles. The van der Waals surface area contributed by atoms with Crippen LogP contribution in [0.1, 0.15) is 37.4 Å². The molecule has 180 valence electrons. The highest BCUT2D eigenvalue weighted by Gasteiger charge is 2.30. The fourth-order valence-corrected chi connectivity index (χ4v) is 4.54. The first-order chi connectivity index (χ1) is 16.1. The van der Waals surface area contributed by atoms with Crippen LogP contribution in [0.3, 0.4) is 0 Å². The van der Waals surface area contributed by atoms with Crippen LogP contribution in [0.2, 0.25) is 0 Å². The summed E-state index contributed by atoms with van der Waals surface area (Å²) in [5.41, 5.74) is 1.02. The van der Waals surface area contributed by atoms with Crippen LogP contribution in [0.5, 0.6) is 0 Å².